The first-order chi connectivity index (χ1) is 9.29. The molecule has 0 radical (unpaired) electrons. The Morgan fingerprint density at radius 1 is 1.05 bits per heavy atom. The summed E-state index contributed by atoms with van der Waals surface area (Å²) in [5, 5.41) is 0. The molecular weight excluding hydrogens is 345 g/mol. The lowest BCUT2D eigenvalue weighted by atomic mass is 10.2. The normalized spacial score (nSPS) is 11.4. The van der Waals surface area contributed by atoms with Crippen LogP contribution in [0.25, 0.3) is 0 Å². The SMILES string of the molecule is Cc1cc(NS(=O)(=O)c2cc(Br)ccc2C)ccc1F. The molecule has 0 unspecified atom stereocenters. The van der Waals surface area contributed by atoms with Crippen LogP contribution in [0.2, 0.25) is 0 Å². The summed E-state index contributed by atoms with van der Waals surface area (Å²) in [5.41, 5.74) is 1.36. The van der Waals surface area contributed by atoms with Crippen molar-refractivity contribution in [1.82, 2.24) is 0 Å². The molecule has 106 valence electrons. The van der Waals surface area contributed by atoms with E-state index in [4.69, 9.17) is 0 Å². The summed E-state index contributed by atoms with van der Waals surface area (Å²) < 4.78 is 41.0. The zero-order chi connectivity index (χ0) is 14.9. The number of anilines is 1. The van der Waals surface area contributed by atoms with Crippen LogP contribution in [0, 0.1) is 19.7 Å². The van der Waals surface area contributed by atoms with Gasteiger partial charge in [-0.25, -0.2) is 12.8 Å². The van der Waals surface area contributed by atoms with Crippen molar-refractivity contribution in [2.24, 2.45) is 0 Å². The molecule has 0 heterocycles. The molecule has 0 atom stereocenters. The molecule has 0 spiro atoms. The maximum atomic E-state index is 13.2. The van der Waals surface area contributed by atoms with Crippen LogP contribution < -0.4 is 4.72 Å². The molecule has 0 aliphatic heterocycles. The molecule has 3 nitrogen and oxygen atoms in total. The van der Waals surface area contributed by atoms with E-state index in [1.807, 2.05) is 0 Å². The first-order valence-electron chi connectivity index (χ1n) is 5.85. The van der Waals surface area contributed by atoms with Crippen molar-refractivity contribution in [3.8, 4) is 0 Å². The summed E-state index contributed by atoms with van der Waals surface area (Å²) in [6.45, 7) is 3.30. The Hall–Kier alpha value is -1.40. The van der Waals surface area contributed by atoms with Crippen molar-refractivity contribution >= 4 is 31.6 Å². The van der Waals surface area contributed by atoms with Crippen LogP contribution in [0.5, 0.6) is 0 Å². The lowest BCUT2D eigenvalue weighted by Crippen LogP contribution is -2.14. The van der Waals surface area contributed by atoms with Gasteiger partial charge < -0.3 is 0 Å². The van der Waals surface area contributed by atoms with E-state index in [1.54, 1.807) is 26.0 Å². The highest BCUT2D eigenvalue weighted by molar-refractivity contribution is 9.10. The van der Waals surface area contributed by atoms with Gasteiger partial charge in [-0.1, -0.05) is 22.0 Å². The van der Waals surface area contributed by atoms with E-state index in [0.29, 0.717) is 21.3 Å². The van der Waals surface area contributed by atoms with Gasteiger partial charge in [0, 0.05) is 10.2 Å². The maximum absolute atomic E-state index is 13.2. The van der Waals surface area contributed by atoms with Gasteiger partial charge in [-0.05, 0) is 55.3 Å². The average molecular weight is 358 g/mol. The predicted octanol–water partition coefficient (Wildman–Crippen LogP) is 4.01. The van der Waals surface area contributed by atoms with Crippen molar-refractivity contribution in [3.05, 3.63) is 57.8 Å². The van der Waals surface area contributed by atoms with Gasteiger partial charge in [0.2, 0.25) is 0 Å². The topological polar surface area (TPSA) is 46.2 Å². The number of hydrogen-bond donors (Lipinski definition) is 1. The lowest BCUT2D eigenvalue weighted by molar-refractivity contribution is 0.600. The third-order valence-electron chi connectivity index (χ3n) is 2.85. The van der Waals surface area contributed by atoms with Gasteiger partial charge in [0.25, 0.3) is 10.0 Å². The van der Waals surface area contributed by atoms with Crippen LogP contribution in [0.3, 0.4) is 0 Å². The molecular formula is C14H13BrFNO2S. The van der Waals surface area contributed by atoms with Gasteiger partial charge in [0.15, 0.2) is 0 Å². The van der Waals surface area contributed by atoms with Gasteiger partial charge in [0.1, 0.15) is 5.82 Å². The first-order valence-corrected chi connectivity index (χ1v) is 8.12. The first kappa shape index (κ1) is 15.0. The van der Waals surface area contributed by atoms with Gasteiger partial charge in [-0.15, -0.1) is 0 Å². The molecule has 1 N–H and O–H groups in total. The molecule has 2 aromatic carbocycles. The average Bonchev–Trinajstić information content (AvgIpc) is 2.36. The molecule has 6 heteroatoms. The second kappa shape index (κ2) is 5.54. The Morgan fingerprint density at radius 3 is 2.40 bits per heavy atom. The van der Waals surface area contributed by atoms with Crippen molar-refractivity contribution in [1.29, 1.82) is 0 Å². The van der Waals surface area contributed by atoms with E-state index in [9.17, 15) is 12.8 Å². The Morgan fingerprint density at radius 2 is 1.75 bits per heavy atom. The standard InChI is InChI=1S/C14H13BrFNO2S/c1-9-3-4-11(15)8-14(9)20(18,19)17-12-5-6-13(16)10(2)7-12/h3-8,17H,1-2H3. The van der Waals surface area contributed by atoms with E-state index in [0.717, 1.165) is 0 Å². The minimum absolute atomic E-state index is 0.189. The molecule has 0 saturated heterocycles. The third-order valence-corrected chi connectivity index (χ3v) is 4.87. The smallest absolute Gasteiger partial charge is 0.262 e. The van der Waals surface area contributed by atoms with Crippen molar-refractivity contribution in [3.63, 3.8) is 0 Å². The van der Waals surface area contributed by atoms with Gasteiger partial charge in [-0.2, -0.15) is 0 Å². The van der Waals surface area contributed by atoms with E-state index < -0.39 is 10.0 Å². The molecule has 2 rings (SSSR count). The van der Waals surface area contributed by atoms with Gasteiger partial charge in [-0.3, -0.25) is 4.72 Å². The zero-order valence-corrected chi connectivity index (χ0v) is 13.3. The second-order valence-electron chi connectivity index (χ2n) is 4.48. The number of rotatable bonds is 3. The third kappa shape index (κ3) is 3.19. The van der Waals surface area contributed by atoms with Crippen molar-refractivity contribution in [2.75, 3.05) is 4.72 Å². The quantitative estimate of drug-likeness (QED) is 0.901. The minimum Gasteiger partial charge on any atom is -0.280 e. The Bertz CT molecular complexity index is 760. The van der Waals surface area contributed by atoms with Crippen molar-refractivity contribution < 1.29 is 12.8 Å². The fraction of sp³-hybridized carbons (Fsp3) is 0.143. The van der Waals surface area contributed by atoms with Crippen LogP contribution in [0.4, 0.5) is 10.1 Å². The molecule has 20 heavy (non-hydrogen) atoms. The van der Waals surface area contributed by atoms with Crippen molar-refractivity contribution in [2.45, 2.75) is 18.7 Å². The summed E-state index contributed by atoms with van der Waals surface area (Å²) in [5.74, 6) is -0.369. The largest absolute Gasteiger partial charge is 0.280 e. The van der Waals surface area contributed by atoms with Crippen LogP contribution in [0.15, 0.2) is 45.8 Å². The molecule has 0 aromatic heterocycles. The molecule has 0 aliphatic carbocycles. The number of benzene rings is 2. The molecule has 0 amide bonds. The number of sulfonamides is 1. The number of nitrogens with one attached hydrogen (secondary N) is 1. The Kier molecular flexibility index (Phi) is 4.15. The summed E-state index contributed by atoms with van der Waals surface area (Å²) in [6, 6.07) is 9.12. The Labute approximate surface area is 126 Å². The zero-order valence-electron chi connectivity index (χ0n) is 10.9. The van der Waals surface area contributed by atoms with Gasteiger partial charge >= 0.3 is 0 Å². The second-order valence-corrected chi connectivity index (χ2v) is 7.05. The van der Waals surface area contributed by atoms with Crippen LogP contribution in [-0.4, -0.2) is 8.42 Å². The van der Waals surface area contributed by atoms with Crippen LogP contribution in [0.1, 0.15) is 11.1 Å². The fourth-order valence-corrected chi connectivity index (χ4v) is 3.62. The highest BCUT2D eigenvalue weighted by Gasteiger charge is 2.17. The van der Waals surface area contributed by atoms with Crippen LogP contribution >= 0.6 is 15.9 Å². The van der Waals surface area contributed by atoms with E-state index in [-0.39, 0.29) is 10.7 Å². The van der Waals surface area contributed by atoms with E-state index in [1.165, 1.54) is 24.3 Å². The number of aryl methyl sites for hydroxylation is 2. The summed E-state index contributed by atoms with van der Waals surface area (Å²) in [6.07, 6.45) is 0. The number of hydrogen-bond acceptors (Lipinski definition) is 2. The Balaban J connectivity index is 2.40. The summed E-state index contributed by atoms with van der Waals surface area (Å²) in [7, 11) is -3.70. The highest BCUT2D eigenvalue weighted by Crippen LogP contribution is 2.23. The maximum Gasteiger partial charge on any atom is 0.262 e. The molecule has 0 aliphatic rings. The molecule has 2 aromatic rings. The van der Waals surface area contributed by atoms with Crippen LogP contribution in [-0.2, 0) is 10.0 Å². The van der Waals surface area contributed by atoms with Gasteiger partial charge in [0.05, 0.1) is 4.90 Å². The highest BCUT2D eigenvalue weighted by atomic mass is 79.9. The van der Waals surface area contributed by atoms with E-state index in [2.05, 4.69) is 20.7 Å². The predicted molar refractivity (Wildman–Crippen MR) is 80.8 cm³/mol. The molecule has 0 bridgehead atoms. The summed E-state index contributed by atoms with van der Waals surface area (Å²) >= 11 is 3.25. The lowest BCUT2D eigenvalue weighted by Gasteiger charge is -2.11. The minimum atomic E-state index is -3.70. The molecule has 0 saturated carbocycles. The monoisotopic (exact) mass is 357 g/mol. The summed E-state index contributed by atoms with van der Waals surface area (Å²) in [4.78, 5) is 0.189. The number of halogens is 2. The van der Waals surface area contributed by atoms with E-state index >= 15 is 0 Å². The fourth-order valence-electron chi connectivity index (χ4n) is 1.78. The molecule has 0 fully saturated rings.